The first-order valence-corrected chi connectivity index (χ1v) is 11.4. The molecular weight excluding hydrogens is 447 g/mol. The second kappa shape index (κ2) is 9.84. The van der Waals surface area contributed by atoms with Crippen LogP contribution in [-0.2, 0) is 11.3 Å². The van der Waals surface area contributed by atoms with Gasteiger partial charge in [-0.3, -0.25) is 19.9 Å². The van der Waals surface area contributed by atoms with Crippen LogP contribution in [0.15, 0.2) is 79.0 Å². The molecule has 2 aromatic heterocycles. The van der Waals surface area contributed by atoms with Crippen molar-refractivity contribution in [3.05, 3.63) is 96.1 Å². The van der Waals surface area contributed by atoms with Crippen molar-refractivity contribution < 1.29 is 14.0 Å². The van der Waals surface area contributed by atoms with Crippen LogP contribution >= 0.6 is 0 Å². The first kappa shape index (κ1) is 22.4. The number of carbonyl (C=O) groups excluding carboxylic acids is 2. The molecule has 8 nitrogen and oxygen atoms in total. The van der Waals surface area contributed by atoms with Crippen LogP contribution in [0.5, 0.6) is 0 Å². The summed E-state index contributed by atoms with van der Waals surface area (Å²) in [5.41, 5.74) is 1.97. The molecule has 3 heterocycles. The normalized spacial score (nSPS) is 15.2. The molecule has 1 N–H and O–H groups in total. The van der Waals surface area contributed by atoms with E-state index in [4.69, 9.17) is 0 Å². The predicted octanol–water partition coefficient (Wildman–Crippen LogP) is 3.77. The minimum absolute atomic E-state index is 0.127. The lowest BCUT2D eigenvalue weighted by atomic mass is 10.2. The Balaban J connectivity index is 1.39. The summed E-state index contributed by atoms with van der Waals surface area (Å²) < 4.78 is 15.2. The van der Waals surface area contributed by atoms with E-state index in [9.17, 15) is 14.0 Å². The van der Waals surface area contributed by atoms with Crippen LogP contribution in [0.4, 0.5) is 10.3 Å². The molecule has 0 bridgehead atoms. The molecule has 0 saturated carbocycles. The zero-order valence-corrected chi connectivity index (χ0v) is 18.8. The van der Waals surface area contributed by atoms with Gasteiger partial charge in [0.2, 0.25) is 11.9 Å². The first-order valence-electron chi connectivity index (χ1n) is 11.4. The molecule has 1 aliphatic heterocycles. The highest BCUT2D eigenvalue weighted by Gasteiger charge is 2.35. The maximum Gasteiger partial charge on any atom is 0.273 e. The number of aromatic nitrogens is 4. The number of rotatable bonds is 6. The molecule has 1 fully saturated rings. The molecule has 4 aromatic rings. The fourth-order valence-electron chi connectivity index (χ4n) is 4.19. The van der Waals surface area contributed by atoms with E-state index in [1.807, 2.05) is 30.3 Å². The third kappa shape index (κ3) is 4.93. The number of halogens is 1. The van der Waals surface area contributed by atoms with Crippen molar-refractivity contribution in [2.45, 2.75) is 25.4 Å². The Labute approximate surface area is 201 Å². The maximum absolute atomic E-state index is 13.5. The molecule has 0 aliphatic carbocycles. The van der Waals surface area contributed by atoms with E-state index in [0.29, 0.717) is 43.0 Å². The van der Waals surface area contributed by atoms with Crippen molar-refractivity contribution in [3.63, 3.8) is 0 Å². The van der Waals surface area contributed by atoms with Gasteiger partial charge in [0.05, 0.1) is 6.54 Å². The zero-order chi connectivity index (χ0) is 24.2. The van der Waals surface area contributed by atoms with E-state index in [1.54, 1.807) is 46.1 Å². The standard InChI is InChI=1S/C26H23FN6O2/c27-20-13-11-19(12-14-20)23-29-26(31-33(23)17-18-7-2-1-3-8-18)30-24(34)22-10-6-16-32(22)25(35)21-9-4-5-15-28-21/h1-5,7-9,11-15,22H,6,10,16-17H2,(H,30,31,34)/t22-/m0/s1. The number of pyridine rings is 1. The number of nitrogens with zero attached hydrogens (tertiary/aromatic N) is 5. The van der Waals surface area contributed by atoms with Gasteiger partial charge in [0, 0.05) is 18.3 Å². The molecular formula is C26H23FN6O2. The molecule has 1 aliphatic rings. The Morgan fingerprint density at radius 3 is 2.51 bits per heavy atom. The van der Waals surface area contributed by atoms with E-state index >= 15 is 0 Å². The van der Waals surface area contributed by atoms with E-state index in [-0.39, 0.29) is 23.6 Å². The molecule has 1 saturated heterocycles. The first-order chi connectivity index (χ1) is 17.1. The van der Waals surface area contributed by atoms with Crippen LogP contribution in [0.2, 0.25) is 0 Å². The average molecular weight is 471 g/mol. The lowest BCUT2D eigenvalue weighted by Gasteiger charge is -2.23. The predicted molar refractivity (Wildman–Crippen MR) is 128 cm³/mol. The van der Waals surface area contributed by atoms with Gasteiger partial charge in [0.25, 0.3) is 5.91 Å². The summed E-state index contributed by atoms with van der Waals surface area (Å²) in [7, 11) is 0. The molecule has 1 atom stereocenters. The Morgan fingerprint density at radius 1 is 1.00 bits per heavy atom. The number of anilines is 1. The van der Waals surface area contributed by atoms with E-state index in [2.05, 4.69) is 20.4 Å². The summed E-state index contributed by atoms with van der Waals surface area (Å²) >= 11 is 0. The number of carbonyl (C=O) groups is 2. The van der Waals surface area contributed by atoms with Gasteiger partial charge < -0.3 is 4.90 Å². The van der Waals surface area contributed by atoms with Crippen molar-refractivity contribution in [3.8, 4) is 11.4 Å². The van der Waals surface area contributed by atoms with Crippen LogP contribution in [0.25, 0.3) is 11.4 Å². The van der Waals surface area contributed by atoms with Crippen LogP contribution in [-0.4, -0.2) is 49.0 Å². The highest BCUT2D eigenvalue weighted by atomic mass is 19.1. The van der Waals surface area contributed by atoms with Crippen LogP contribution in [0.3, 0.4) is 0 Å². The minimum atomic E-state index is -0.639. The highest BCUT2D eigenvalue weighted by molar-refractivity contribution is 6.00. The quantitative estimate of drug-likeness (QED) is 0.463. The summed E-state index contributed by atoms with van der Waals surface area (Å²) in [6.07, 6.45) is 2.81. The van der Waals surface area contributed by atoms with Crippen LogP contribution in [0, 0.1) is 5.82 Å². The fraction of sp³-hybridized carbons (Fsp3) is 0.192. The fourth-order valence-corrected chi connectivity index (χ4v) is 4.19. The topological polar surface area (TPSA) is 93.0 Å². The third-order valence-electron chi connectivity index (χ3n) is 5.88. The molecule has 2 aromatic carbocycles. The monoisotopic (exact) mass is 470 g/mol. The third-order valence-corrected chi connectivity index (χ3v) is 5.88. The van der Waals surface area contributed by atoms with Gasteiger partial charge in [-0.2, -0.15) is 4.98 Å². The van der Waals surface area contributed by atoms with Gasteiger partial charge in [0.1, 0.15) is 17.6 Å². The number of hydrogen-bond donors (Lipinski definition) is 1. The van der Waals surface area contributed by atoms with Crippen molar-refractivity contribution in [2.24, 2.45) is 0 Å². The van der Waals surface area contributed by atoms with Gasteiger partial charge in [0.15, 0.2) is 5.82 Å². The Bertz CT molecular complexity index is 1330. The smallest absolute Gasteiger partial charge is 0.273 e. The minimum Gasteiger partial charge on any atom is -0.325 e. The van der Waals surface area contributed by atoms with E-state index in [1.165, 1.54) is 12.1 Å². The largest absolute Gasteiger partial charge is 0.325 e. The molecule has 0 radical (unpaired) electrons. The van der Waals surface area contributed by atoms with Gasteiger partial charge in [-0.05, 0) is 54.8 Å². The second-order valence-electron chi connectivity index (χ2n) is 8.27. The number of hydrogen-bond acceptors (Lipinski definition) is 5. The Hall–Kier alpha value is -4.40. The summed E-state index contributed by atoms with van der Waals surface area (Å²) in [4.78, 5) is 36.2. The summed E-state index contributed by atoms with van der Waals surface area (Å²) in [6, 6.07) is 20.2. The molecule has 0 spiro atoms. The van der Waals surface area contributed by atoms with Crippen molar-refractivity contribution >= 4 is 17.8 Å². The highest BCUT2D eigenvalue weighted by Crippen LogP contribution is 2.23. The molecule has 5 rings (SSSR count). The summed E-state index contributed by atoms with van der Waals surface area (Å²) in [5, 5.41) is 7.29. The van der Waals surface area contributed by atoms with Gasteiger partial charge >= 0.3 is 0 Å². The number of likely N-dealkylation sites (tertiary alicyclic amines) is 1. The second-order valence-corrected chi connectivity index (χ2v) is 8.27. The lowest BCUT2D eigenvalue weighted by molar-refractivity contribution is -0.119. The van der Waals surface area contributed by atoms with Crippen molar-refractivity contribution in [1.29, 1.82) is 0 Å². The Kier molecular flexibility index (Phi) is 6.30. The SMILES string of the molecule is O=C(Nc1nc(-c2ccc(F)cc2)n(Cc2ccccc2)n1)[C@@H]1CCCN1C(=O)c1ccccn1. The number of nitrogens with one attached hydrogen (secondary N) is 1. The number of benzene rings is 2. The summed E-state index contributed by atoms with van der Waals surface area (Å²) in [6.45, 7) is 0.897. The van der Waals surface area contributed by atoms with Crippen LogP contribution in [0.1, 0.15) is 28.9 Å². The molecule has 2 amide bonds. The molecule has 35 heavy (non-hydrogen) atoms. The van der Waals surface area contributed by atoms with Gasteiger partial charge in [-0.15, -0.1) is 5.10 Å². The van der Waals surface area contributed by atoms with Crippen molar-refractivity contribution in [2.75, 3.05) is 11.9 Å². The molecule has 0 unspecified atom stereocenters. The van der Waals surface area contributed by atoms with Gasteiger partial charge in [-0.25, -0.2) is 9.07 Å². The zero-order valence-electron chi connectivity index (χ0n) is 18.8. The van der Waals surface area contributed by atoms with Gasteiger partial charge in [-0.1, -0.05) is 36.4 Å². The molecule has 9 heteroatoms. The Morgan fingerprint density at radius 2 is 1.77 bits per heavy atom. The van der Waals surface area contributed by atoms with E-state index < -0.39 is 6.04 Å². The molecule has 176 valence electrons. The lowest BCUT2D eigenvalue weighted by Crippen LogP contribution is -2.43. The van der Waals surface area contributed by atoms with Crippen molar-refractivity contribution in [1.82, 2.24) is 24.6 Å². The average Bonchev–Trinajstić information content (AvgIpc) is 3.53. The maximum atomic E-state index is 13.5. The van der Waals surface area contributed by atoms with Crippen LogP contribution < -0.4 is 5.32 Å². The van der Waals surface area contributed by atoms with E-state index in [0.717, 1.165) is 5.56 Å². The number of amides is 2. The summed E-state index contributed by atoms with van der Waals surface area (Å²) in [5.74, 6) is -0.359.